The summed E-state index contributed by atoms with van der Waals surface area (Å²) in [5, 5.41) is 12.9. The highest BCUT2D eigenvalue weighted by atomic mass is 35.5. The van der Waals surface area contributed by atoms with Crippen molar-refractivity contribution in [3.8, 4) is 6.07 Å². The lowest BCUT2D eigenvalue weighted by molar-refractivity contribution is 0.268. The summed E-state index contributed by atoms with van der Waals surface area (Å²) in [5.41, 5.74) is 1.55. The third-order valence-corrected chi connectivity index (χ3v) is 4.25. The summed E-state index contributed by atoms with van der Waals surface area (Å²) in [6, 6.07) is 7.51. The number of hydrogen-bond acceptors (Lipinski definition) is 2. The average Bonchev–Trinajstić information content (AvgIpc) is 2.39. The Hall–Kier alpha value is -1.20. The largest absolute Gasteiger partial charge is 0.384 e. The lowest BCUT2D eigenvalue weighted by Crippen LogP contribution is -2.24. The molecule has 3 heteroatoms. The Morgan fingerprint density at radius 2 is 2.17 bits per heavy atom. The molecule has 2 unspecified atom stereocenters. The van der Waals surface area contributed by atoms with E-state index in [-0.39, 0.29) is 0 Å². The molecule has 2 nitrogen and oxygen atoms in total. The summed E-state index contributed by atoms with van der Waals surface area (Å²) < 4.78 is 0. The maximum Gasteiger partial charge on any atom is 0.0992 e. The van der Waals surface area contributed by atoms with Crippen LogP contribution in [-0.2, 0) is 0 Å². The van der Waals surface area contributed by atoms with Gasteiger partial charge in [-0.15, -0.1) is 0 Å². The first kappa shape index (κ1) is 13.2. The van der Waals surface area contributed by atoms with Crippen LogP contribution in [0.25, 0.3) is 0 Å². The molecular weight excluding hydrogens is 244 g/mol. The van der Waals surface area contributed by atoms with E-state index in [2.05, 4.69) is 18.3 Å². The second-order valence-corrected chi connectivity index (χ2v) is 5.62. The van der Waals surface area contributed by atoms with E-state index < -0.39 is 0 Å². The molecule has 0 heterocycles. The molecule has 1 aromatic carbocycles. The van der Waals surface area contributed by atoms with E-state index in [4.69, 9.17) is 16.9 Å². The number of halogens is 1. The highest BCUT2D eigenvalue weighted by Crippen LogP contribution is 2.30. The quantitative estimate of drug-likeness (QED) is 0.874. The standard InChI is InChI=1S/C15H19ClN2/c1-11-4-2-3-5-13(11)10-18-15-7-6-12(9-17)8-14(15)16/h6-8,11,13,18H,2-5,10H2,1H3. The number of nitrogens with one attached hydrogen (secondary N) is 1. The van der Waals surface area contributed by atoms with E-state index in [0.29, 0.717) is 10.6 Å². The van der Waals surface area contributed by atoms with E-state index in [0.717, 1.165) is 24.1 Å². The molecule has 0 bridgehead atoms. The second-order valence-electron chi connectivity index (χ2n) is 5.21. The molecule has 0 aromatic heterocycles. The van der Waals surface area contributed by atoms with Gasteiger partial charge in [-0.1, -0.05) is 37.8 Å². The molecule has 18 heavy (non-hydrogen) atoms. The molecule has 1 fully saturated rings. The molecule has 0 aliphatic heterocycles. The summed E-state index contributed by atoms with van der Waals surface area (Å²) in [6.07, 6.45) is 5.36. The fourth-order valence-electron chi connectivity index (χ4n) is 2.67. The lowest BCUT2D eigenvalue weighted by atomic mass is 9.80. The first-order valence-electron chi connectivity index (χ1n) is 6.64. The average molecular weight is 263 g/mol. The molecule has 0 amide bonds. The number of rotatable bonds is 3. The van der Waals surface area contributed by atoms with Crippen molar-refractivity contribution in [2.75, 3.05) is 11.9 Å². The smallest absolute Gasteiger partial charge is 0.0992 e. The van der Waals surface area contributed by atoms with Crippen molar-refractivity contribution in [1.29, 1.82) is 5.26 Å². The molecule has 1 aliphatic carbocycles. The molecule has 96 valence electrons. The van der Waals surface area contributed by atoms with E-state index in [9.17, 15) is 0 Å². The minimum Gasteiger partial charge on any atom is -0.384 e. The SMILES string of the molecule is CC1CCCCC1CNc1ccc(C#N)cc1Cl. The summed E-state index contributed by atoms with van der Waals surface area (Å²) >= 11 is 6.15. The van der Waals surface area contributed by atoms with Gasteiger partial charge in [0.1, 0.15) is 0 Å². The zero-order valence-electron chi connectivity index (χ0n) is 10.7. The van der Waals surface area contributed by atoms with Crippen molar-refractivity contribution in [2.45, 2.75) is 32.6 Å². The molecular formula is C15H19ClN2. The molecule has 0 radical (unpaired) electrons. The van der Waals surface area contributed by atoms with Crippen LogP contribution in [0.1, 0.15) is 38.2 Å². The minimum atomic E-state index is 0.608. The van der Waals surface area contributed by atoms with Crippen LogP contribution in [0, 0.1) is 23.2 Å². The number of benzene rings is 1. The fraction of sp³-hybridized carbons (Fsp3) is 0.533. The zero-order chi connectivity index (χ0) is 13.0. The van der Waals surface area contributed by atoms with Crippen molar-refractivity contribution in [3.05, 3.63) is 28.8 Å². The molecule has 1 N–H and O–H groups in total. The summed E-state index contributed by atoms with van der Waals surface area (Å²) in [4.78, 5) is 0. The molecule has 1 aliphatic rings. The Labute approximate surface area is 114 Å². The van der Waals surface area contributed by atoms with Gasteiger partial charge in [0.15, 0.2) is 0 Å². The van der Waals surface area contributed by atoms with Crippen LogP contribution < -0.4 is 5.32 Å². The Kier molecular flexibility index (Phi) is 4.49. The van der Waals surface area contributed by atoms with E-state index in [1.165, 1.54) is 25.7 Å². The van der Waals surface area contributed by atoms with Crippen molar-refractivity contribution >= 4 is 17.3 Å². The van der Waals surface area contributed by atoms with Crippen LogP contribution in [-0.4, -0.2) is 6.54 Å². The Morgan fingerprint density at radius 1 is 1.39 bits per heavy atom. The highest BCUT2D eigenvalue weighted by Gasteiger charge is 2.20. The molecule has 0 spiro atoms. The third-order valence-electron chi connectivity index (χ3n) is 3.94. The van der Waals surface area contributed by atoms with Gasteiger partial charge in [-0.25, -0.2) is 0 Å². The lowest BCUT2D eigenvalue weighted by Gasteiger charge is -2.29. The van der Waals surface area contributed by atoms with Gasteiger partial charge in [0.2, 0.25) is 0 Å². The van der Waals surface area contributed by atoms with Crippen LogP contribution in [0.4, 0.5) is 5.69 Å². The van der Waals surface area contributed by atoms with Gasteiger partial charge in [-0.2, -0.15) is 5.26 Å². The summed E-state index contributed by atoms with van der Waals surface area (Å²) in [6.45, 7) is 3.32. The number of nitriles is 1. The van der Waals surface area contributed by atoms with Gasteiger partial charge < -0.3 is 5.32 Å². The molecule has 2 atom stereocenters. The Morgan fingerprint density at radius 3 is 2.83 bits per heavy atom. The predicted octanol–water partition coefficient (Wildman–Crippen LogP) is 4.45. The Bertz CT molecular complexity index is 450. The van der Waals surface area contributed by atoms with Gasteiger partial charge in [-0.3, -0.25) is 0 Å². The second kappa shape index (κ2) is 6.11. The van der Waals surface area contributed by atoms with E-state index >= 15 is 0 Å². The first-order chi connectivity index (χ1) is 8.70. The molecule has 2 rings (SSSR count). The van der Waals surface area contributed by atoms with Crippen LogP contribution in [0.2, 0.25) is 5.02 Å². The maximum absolute atomic E-state index is 8.79. The zero-order valence-corrected chi connectivity index (χ0v) is 11.5. The van der Waals surface area contributed by atoms with Gasteiger partial charge in [0.25, 0.3) is 0 Å². The fourth-order valence-corrected chi connectivity index (χ4v) is 2.91. The number of nitrogens with zero attached hydrogens (tertiary/aromatic N) is 1. The minimum absolute atomic E-state index is 0.608. The molecule has 0 saturated heterocycles. The first-order valence-corrected chi connectivity index (χ1v) is 7.02. The molecule has 1 aromatic rings. The monoisotopic (exact) mass is 262 g/mol. The maximum atomic E-state index is 8.79. The normalized spacial score (nSPS) is 23.4. The van der Waals surface area contributed by atoms with Crippen molar-refractivity contribution < 1.29 is 0 Å². The van der Waals surface area contributed by atoms with Crippen LogP contribution in [0.5, 0.6) is 0 Å². The van der Waals surface area contributed by atoms with Crippen molar-refractivity contribution in [1.82, 2.24) is 0 Å². The highest BCUT2D eigenvalue weighted by molar-refractivity contribution is 6.33. The van der Waals surface area contributed by atoms with Gasteiger partial charge >= 0.3 is 0 Å². The van der Waals surface area contributed by atoms with Gasteiger partial charge in [-0.05, 0) is 36.5 Å². The summed E-state index contributed by atoms with van der Waals surface area (Å²) in [5.74, 6) is 1.54. The topological polar surface area (TPSA) is 35.8 Å². The molecule has 1 saturated carbocycles. The van der Waals surface area contributed by atoms with Crippen LogP contribution in [0.15, 0.2) is 18.2 Å². The van der Waals surface area contributed by atoms with E-state index in [1.807, 2.05) is 6.07 Å². The van der Waals surface area contributed by atoms with Crippen LogP contribution in [0.3, 0.4) is 0 Å². The van der Waals surface area contributed by atoms with E-state index in [1.54, 1.807) is 12.1 Å². The predicted molar refractivity (Wildman–Crippen MR) is 75.8 cm³/mol. The number of hydrogen-bond donors (Lipinski definition) is 1. The van der Waals surface area contributed by atoms with Crippen molar-refractivity contribution in [3.63, 3.8) is 0 Å². The van der Waals surface area contributed by atoms with Crippen molar-refractivity contribution in [2.24, 2.45) is 11.8 Å². The van der Waals surface area contributed by atoms with Crippen LogP contribution >= 0.6 is 11.6 Å². The Balaban J connectivity index is 1.95. The van der Waals surface area contributed by atoms with Gasteiger partial charge in [0, 0.05) is 6.54 Å². The summed E-state index contributed by atoms with van der Waals surface area (Å²) in [7, 11) is 0. The third kappa shape index (κ3) is 3.17. The van der Waals surface area contributed by atoms with Gasteiger partial charge in [0.05, 0.1) is 22.3 Å². The number of anilines is 1.